The minimum Gasteiger partial charge on any atom is -0.494 e. The number of carbonyl (C=O) groups is 1. The fraction of sp³-hybridized carbons (Fsp3) is 0.533. The van der Waals surface area contributed by atoms with Crippen LogP contribution in [-0.4, -0.2) is 43.6 Å². The zero-order valence-electron chi connectivity index (χ0n) is 11.9. The van der Waals surface area contributed by atoms with Gasteiger partial charge in [-0.3, -0.25) is 4.79 Å². The molecular formula is C15H23ClN2O2. The van der Waals surface area contributed by atoms with Crippen LogP contribution in [0.4, 0.5) is 0 Å². The number of piperazine rings is 1. The van der Waals surface area contributed by atoms with Crippen molar-refractivity contribution in [2.24, 2.45) is 0 Å². The Hall–Kier alpha value is -1.26. The number of halogens is 1. The van der Waals surface area contributed by atoms with Gasteiger partial charge in [-0.1, -0.05) is 19.1 Å². The van der Waals surface area contributed by atoms with Crippen molar-refractivity contribution in [3.05, 3.63) is 29.8 Å². The smallest absolute Gasteiger partial charge is 0.227 e. The van der Waals surface area contributed by atoms with Crippen molar-refractivity contribution in [3.8, 4) is 5.75 Å². The van der Waals surface area contributed by atoms with Gasteiger partial charge in [-0.15, -0.1) is 12.4 Å². The first-order valence-electron chi connectivity index (χ1n) is 7.00. The Morgan fingerprint density at radius 1 is 1.35 bits per heavy atom. The first-order valence-corrected chi connectivity index (χ1v) is 7.00. The normalized spacial score (nSPS) is 14.6. The maximum Gasteiger partial charge on any atom is 0.227 e. The monoisotopic (exact) mass is 298 g/mol. The highest BCUT2D eigenvalue weighted by molar-refractivity contribution is 5.85. The van der Waals surface area contributed by atoms with Gasteiger partial charge in [0.15, 0.2) is 0 Å². The van der Waals surface area contributed by atoms with Crippen molar-refractivity contribution >= 4 is 18.3 Å². The third-order valence-corrected chi connectivity index (χ3v) is 3.20. The van der Waals surface area contributed by atoms with E-state index in [-0.39, 0.29) is 18.3 Å². The lowest BCUT2D eigenvalue weighted by Crippen LogP contribution is -2.46. The van der Waals surface area contributed by atoms with E-state index in [1.54, 1.807) is 0 Å². The maximum absolute atomic E-state index is 12.2. The zero-order chi connectivity index (χ0) is 13.5. The molecular weight excluding hydrogens is 276 g/mol. The Labute approximate surface area is 126 Å². The fourth-order valence-corrected chi connectivity index (χ4v) is 2.17. The van der Waals surface area contributed by atoms with Crippen LogP contribution >= 0.6 is 12.4 Å². The van der Waals surface area contributed by atoms with Crippen LogP contribution in [0.25, 0.3) is 0 Å². The molecule has 0 saturated carbocycles. The first-order chi connectivity index (χ1) is 9.29. The van der Waals surface area contributed by atoms with Crippen molar-refractivity contribution in [1.29, 1.82) is 0 Å². The highest BCUT2D eigenvalue weighted by atomic mass is 35.5. The van der Waals surface area contributed by atoms with Crippen LogP contribution in [0.1, 0.15) is 18.9 Å². The average Bonchev–Trinajstić information content (AvgIpc) is 2.46. The van der Waals surface area contributed by atoms with Gasteiger partial charge in [-0.25, -0.2) is 0 Å². The molecule has 1 aromatic carbocycles. The molecule has 1 fully saturated rings. The summed E-state index contributed by atoms with van der Waals surface area (Å²) in [6.45, 7) is 6.21. The molecule has 0 aromatic heterocycles. The van der Waals surface area contributed by atoms with Gasteiger partial charge < -0.3 is 15.0 Å². The number of ether oxygens (including phenoxy) is 1. The predicted molar refractivity (Wildman–Crippen MR) is 82.6 cm³/mol. The van der Waals surface area contributed by atoms with Gasteiger partial charge in [-0.05, 0) is 24.1 Å². The van der Waals surface area contributed by atoms with Crippen LogP contribution in [0.15, 0.2) is 24.3 Å². The Balaban J connectivity index is 0.00000200. The molecule has 1 N–H and O–H groups in total. The van der Waals surface area contributed by atoms with Crippen molar-refractivity contribution in [2.75, 3.05) is 32.8 Å². The fourth-order valence-electron chi connectivity index (χ4n) is 2.17. The summed E-state index contributed by atoms with van der Waals surface area (Å²) in [5.74, 6) is 1.06. The van der Waals surface area contributed by atoms with Crippen molar-refractivity contribution in [1.82, 2.24) is 10.2 Å². The van der Waals surface area contributed by atoms with Crippen molar-refractivity contribution in [3.63, 3.8) is 0 Å². The average molecular weight is 299 g/mol. The number of benzene rings is 1. The Morgan fingerprint density at radius 2 is 2.10 bits per heavy atom. The van der Waals surface area contributed by atoms with Gasteiger partial charge >= 0.3 is 0 Å². The number of nitrogens with one attached hydrogen (secondary N) is 1. The minimum absolute atomic E-state index is 0. The van der Waals surface area contributed by atoms with E-state index in [1.807, 2.05) is 29.2 Å². The molecule has 20 heavy (non-hydrogen) atoms. The third-order valence-electron chi connectivity index (χ3n) is 3.20. The quantitative estimate of drug-likeness (QED) is 0.902. The van der Waals surface area contributed by atoms with E-state index in [0.29, 0.717) is 6.42 Å². The molecule has 0 atom stereocenters. The van der Waals surface area contributed by atoms with Crippen LogP contribution in [0, 0.1) is 0 Å². The second-order valence-electron chi connectivity index (χ2n) is 4.80. The molecule has 1 aromatic rings. The summed E-state index contributed by atoms with van der Waals surface area (Å²) in [5.41, 5.74) is 1.03. The molecule has 1 amide bonds. The topological polar surface area (TPSA) is 41.6 Å². The molecule has 1 saturated heterocycles. The van der Waals surface area contributed by atoms with E-state index >= 15 is 0 Å². The van der Waals surface area contributed by atoms with Gasteiger partial charge in [0, 0.05) is 26.2 Å². The molecule has 2 rings (SSSR count). The van der Waals surface area contributed by atoms with Crippen molar-refractivity contribution < 1.29 is 9.53 Å². The molecule has 0 spiro atoms. The second-order valence-corrected chi connectivity index (χ2v) is 4.80. The van der Waals surface area contributed by atoms with E-state index in [0.717, 1.165) is 50.5 Å². The maximum atomic E-state index is 12.2. The molecule has 0 unspecified atom stereocenters. The van der Waals surface area contributed by atoms with Crippen LogP contribution in [-0.2, 0) is 11.2 Å². The van der Waals surface area contributed by atoms with E-state index < -0.39 is 0 Å². The van der Waals surface area contributed by atoms with Crippen molar-refractivity contribution in [2.45, 2.75) is 19.8 Å². The zero-order valence-corrected chi connectivity index (χ0v) is 12.7. The Morgan fingerprint density at radius 3 is 2.80 bits per heavy atom. The predicted octanol–water partition coefficient (Wildman–Crippen LogP) is 1.87. The summed E-state index contributed by atoms with van der Waals surface area (Å²) in [6.07, 6.45) is 1.45. The van der Waals surface area contributed by atoms with E-state index in [4.69, 9.17) is 4.74 Å². The van der Waals surface area contributed by atoms with Gasteiger partial charge in [0.25, 0.3) is 0 Å². The van der Waals surface area contributed by atoms with Gasteiger partial charge in [-0.2, -0.15) is 0 Å². The highest BCUT2D eigenvalue weighted by Gasteiger charge is 2.16. The third kappa shape index (κ3) is 5.02. The van der Waals surface area contributed by atoms with E-state index in [9.17, 15) is 4.79 Å². The summed E-state index contributed by atoms with van der Waals surface area (Å²) in [7, 11) is 0. The lowest BCUT2D eigenvalue weighted by atomic mass is 10.1. The minimum atomic E-state index is 0. The summed E-state index contributed by atoms with van der Waals surface area (Å²) in [5, 5.41) is 3.25. The number of amides is 1. The van der Waals surface area contributed by atoms with Crippen LogP contribution in [0.2, 0.25) is 0 Å². The molecule has 0 bridgehead atoms. The molecule has 5 heteroatoms. The molecule has 0 aliphatic carbocycles. The second kappa shape index (κ2) is 8.82. The number of carbonyl (C=O) groups excluding carboxylic acids is 1. The highest BCUT2D eigenvalue weighted by Crippen LogP contribution is 2.15. The molecule has 1 heterocycles. The van der Waals surface area contributed by atoms with Gasteiger partial charge in [0.1, 0.15) is 5.75 Å². The standard InChI is InChI=1S/C15H22N2O2.ClH/c1-2-10-19-14-5-3-4-13(11-14)12-15(18)17-8-6-16-7-9-17;/h3-5,11,16H,2,6-10,12H2,1H3;1H. The molecule has 0 radical (unpaired) electrons. The lowest BCUT2D eigenvalue weighted by molar-refractivity contribution is -0.131. The number of nitrogens with zero attached hydrogens (tertiary/aromatic N) is 1. The molecule has 1 aliphatic heterocycles. The van der Waals surface area contributed by atoms with Crippen LogP contribution < -0.4 is 10.1 Å². The Kier molecular flexibility index (Phi) is 7.41. The summed E-state index contributed by atoms with van der Waals surface area (Å²) < 4.78 is 5.59. The summed E-state index contributed by atoms with van der Waals surface area (Å²) in [6, 6.07) is 7.84. The molecule has 1 aliphatic rings. The Bertz CT molecular complexity index is 420. The SMILES string of the molecule is CCCOc1cccc(CC(=O)N2CCNCC2)c1.Cl. The van der Waals surface area contributed by atoms with Gasteiger partial charge in [0.05, 0.1) is 13.0 Å². The largest absolute Gasteiger partial charge is 0.494 e. The molecule has 4 nitrogen and oxygen atoms in total. The van der Waals surface area contributed by atoms with Crippen LogP contribution in [0.5, 0.6) is 5.75 Å². The summed E-state index contributed by atoms with van der Waals surface area (Å²) >= 11 is 0. The van der Waals surface area contributed by atoms with E-state index in [1.165, 1.54) is 0 Å². The summed E-state index contributed by atoms with van der Waals surface area (Å²) in [4.78, 5) is 14.1. The lowest BCUT2D eigenvalue weighted by Gasteiger charge is -2.27. The van der Waals surface area contributed by atoms with Gasteiger partial charge in [0.2, 0.25) is 5.91 Å². The first kappa shape index (κ1) is 16.8. The van der Waals surface area contributed by atoms with Crippen LogP contribution in [0.3, 0.4) is 0 Å². The molecule has 112 valence electrons. The number of hydrogen-bond donors (Lipinski definition) is 1. The van der Waals surface area contributed by atoms with E-state index in [2.05, 4.69) is 12.2 Å². The number of hydrogen-bond acceptors (Lipinski definition) is 3. The number of rotatable bonds is 5.